The zero-order valence-corrected chi connectivity index (χ0v) is 7.88. The Bertz CT molecular complexity index is 299. The Morgan fingerprint density at radius 1 is 1.47 bits per heavy atom. The normalized spacial score (nSPS) is 16.3. The topological polar surface area (TPSA) is 74.9 Å². The molecule has 0 fully saturated rings. The number of aliphatic hydroxyl groups is 1. The van der Waals surface area contributed by atoms with Crippen LogP contribution in [0.15, 0.2) is 12.3 Å². The van der Waals surface area contributed by atoms with Gasteiger partial charge in [-0.2, -0.15) is 18.3 Å². The predicted molar refractivity (Wildman–Crippen MR) is 46.8 cm³/mol. The number of alkyl halides is 3. The van der Waals surface area contributed by atoms with Gasteiger partial charge in [-0.15, -0.1) is 0 Å². The molecule has 0 aliphatic rings. The SMILES string of the molecule is NC(CCCO)(c1ccn[nH]1)C(F)(F)F. The summed E-state index contributed by atoms with van der Waals surface area (Å²) in [6, 6.07) is 1.19. The van der Waals surface area contributed by atoms with Gasteiger partial charge < -0.3 is 10.8 Å². The maximum absolute atomic E-state index is 12.7. The van der Waals surface area contributed by atoms with Gasteiger partial charge in [0.2, 0.25) is 0 Å². The lowest BCUT2D eigenvalue weighted by molar-refractivity contribution is -0.193. The van der Waals surface area contributed by atoms with Crippen LogP contribution in [0.1, 0.15) is 18.5 Å². The lowest BCUT2D eigenvalue weighted by Gasteiger charge is -2.30. The van der Waals surface area contributed by atoms with Gasteiger partial charge in [0.15, 0.2) is 5.54 Å². The van der Waals surface area contributed by atoms with Gasteiger partial charge in [-0.3, -0.25) is 5.10 Å². The largest absolute Gasteiger partial charge is 0.412 e. The van der Waals surface area contributed by atoms with E-state index in [1.807, 2.05) is 0 Å². The molecule has 0 aliphatic carbocycles. The van der Waals surface area contributed by atoms with Crippen LogP contribution in [0.4, 0.5) is 13.2 Å². The zero-order valence-electron chi connectivity index (χ0n) is 7.88. The van der Waals surface area contributed by atoms with E-state index in [0.29, 0.717) is 0 Å². The summed E-state index contributed by atoms with van der Waals surface area (Å²) < 4.78 is 38.2. The number of halogens is 3. The summed E-state index contributed by atoms with van der Waals surface area (Å²) in [4.78, 5) is 0. The second-order valence-corrected chi connectivity index (χ2v) is 3.27. The summed E-state index contributed by atoms with van der Waals surface area (Å²) in [5.74, 6) is 0. The van der Waals surface area contributed by atoms with Crippen LogP contribution in [-0.4, -0.2) is 28.1 Å². The van der Waals surface area contributed by atoms with E-state index in [9.17, 15) is 13.2 Å². The van der Waals surface area contributed by atoms with Gasteiger partial charge in [-0.25, -0.2) is 0 Å². The first-order valence-electron chi connectivity index (χ1n) is 4.38. The standard InChI is InChI=1S/C8H12F3N3O/c9-8(10,11)7(12,3-1-5-15)6-2-4-13-14-6/h2,4,15H,1,3,5,12H2,(H,13,14). The third kappa shape index (κ3) is 2.29. The van der Waals surface area contributed by atoms with Crippen LogP contribution in [0, 0.1) is 0 Å². The highest BCUT2D eigenvalue weighted by Gasteiger charge is 2.53. The second-order valence-electron chi connectivity index (χ2n) is 3.27. The molecule has 1 atom stereocenters. The Hall–Kier alpha value is -1.08. The summed E-state index contributed by atoms with van der Waals surface area (Å²) in [6.07, 6.45) is -3.76. The highest BCUT2D eigenvalue weighted by Crippen LogP contribution is 2.39. The van der Waals surface area contributed by atoms with Crippen LogP contribution in [0.5, 0.6) is 0 Å². The Labute approximate surface area is 84.3 Å². The number of nitrogens with zero attached hydrogens (tertiary/aromatic N) is 1. The molecule has 1 heterocycles. The van der Waals surface area contributed by atoms with E-state index >= 15 is 0 Å². The Balaban J connectivity index is 2.97. The number of nitrogens with one attached hydrogen (secondary N) is 1. The van der Waals surface area contributed by atoms with Crippen LogP contribution in [0.2, 0.25) is 0 Å². The molecule has 0 aromatic carbocycles. The summed E-state index contributed by atoms with van der Waals surface area (Å²) in [6.45, 7) is -0.330. The highest BCUT2D eigenvalue weighted by atomic mass is 19.4. The number of aromatic nitrogens is 2. The van der Waals surface area contributed by atoms with E-state index in [1.54, 1.807) is 0 Å². The van der Waals surface area contributed by atoms with Gasteiger partial charge in [0.25, 0.3) is 0 Å². The molecule has 7 heteroatoms. The fraction of sp³-hybridized carbons (Fsp3) is 0.625. The zero-order chi connectivity index (χ0) is 11.5. The monoisotopic (exact) mass is 223 g/mol. The number of rotatable bonds is 4. The first kappa shape index (κ1) is 12.0. The van der Waals surface area contributed by atoms with Gasteiger partial charge in [0, 0.05) is 12.8 Å². The van der Waals surface area contributed by atoms with Crippen LogP contribution in [0.25, 0.3) is 0 Å². The molecule has 0 saturated heterocycles. The van der Waals surface area contributed by atoms with Gasteiger partial charge in [-0.1, -0.05) is 0 Å². The fourth-order valence-electron chi connectivity index (χ4n) is 1.29. The number of hydrogen-bond acceptors (Lipinski definition) is 3. The molecule has 0 radical (unpaired) electrons. The van der Waals surface area contributed by atoms with Crippen LogP contribution < -0.4 is 5.73 Å². The lowest BCUT2D eigenvalue weighted by Crippen LogP contribution is -2.50. The van der Waals surface area contributed by atoms with Crippen molar-refractivity contribution in [2.24, 2.45) is 5.73 Å². The van der Waals surface area contributed by atoms with Gasteiger partial charge in [0.1, 0.15) is 0 Å². The van der Waals surface area contributed by atoms with Gasteiger partial charge >= 0.3 is 6.18 Å². The molecule has 4 nitrogen and oxygen atoms in total. The molecule has 0 bridgehead atoms. The van der Waals surface area contributed by atoms with Crippen molar-refractivity contribution in [3.05, 3.63) is 18.0 Å². The summed E-state index contributed by atoms with van der Waals surface area (Å²) in [7, 11) is 0. The minimum atomic E-state index is -4.57. The first-order valence-corrected chi connectivity index (χ1v) is 4.38. The minimum Gasteiger partial charge on any atom is -0.396 e. The highest BCUT2D eigenvalue weighted by molar-refractivity contribution is 5.15. The third-order valence-corrected chi connectivity index (χ3v) is 2.22. The maximum Gasteiger partial charge on any atom is 0.412 e. The smallest absolute Gasteiger partial charge is 0.396 e. The third-order valence-electron chi connectivity index (χ3n) is 2.22. The van der Waals surface area contributed by atoms with Gasteiger partial charge in [-0.05, 0) is 18.9 Å². The molecule has 1 aromatic heterocycles. The van der Waals surface area contributed by atoms with Gasteiger partial charge in [0.05, 0.1) is 5.69 Å². The van der Waals surface area contributed by atoms with Crippen molar-refractivity contribution in [2.45, 2.75) is 24.6 Å². The van der Waals surface area contributed by atoms with Crippen LogP contribution >= 0.6 is 0 Å². The number of hydrogen-bond donors (Lipinski definition) is 3. The second kappa shape index (κ2) is 4.19. The molecule has 1 rings (SSSR count). The average Bonchev–Trinajstić information content (AvgIpc) is 2.65. The molecule has 1 unspecified atom stereocenters. The van der Waals surface area contributed by atoms with Crippen molar-refractivity contribution in [1.82, 2.24) is 10.2 Å². The molecule has 0 saturated carbocycles. The number of nitrogens with two attached hydrogens (primary N) is 1. The quantitative estimate of drug-likeness (QED) is 0.709. The molecule has 0 spiro atoms. The Morgan fingerprint density at radius 2 is 2.13 bits per heavy atom. The van der Waals surface area contributed by atoms with E-state index in [-0.39, 0.29) is 25.1 Å². The van der Waals surface area contributed by atoms with Crippen molar-refractivity contribution < 1.29 is 18.3 Å². The molecule has 0 aliphatic heterocycles. The fourth-order valence-corrected chi connectivity index (χ4v) is 1.29. The number of H-pyrrole nitrogens is 1. The van der Waals surface area contributed by atoms with E-state index < -0.39 is 11.7 Å². The molecule has 4 N–H and O–H groups in total. The average molecular weight is 223 g/mol. The van der Waals surface area contributed by atoms with Crippen molar-refractivity contribution in [3.8, 4) is 0 Å². The van der Waals surface area contributed by atoms with E-state index in [2.05, 4.69) is 10.2 Å². The Morgan fingerprint density at radius 3 is 2.53 bits per heavy atom. The molecule has 15 heavy (non-hydrogen) atoms. The van der Waals surface area contributed by atoms with Crippen LogP contribution in [-0.2, 0) is 5.54 Å². The van der Waals surface area contributed by atoms with E-state index in [4.69, 9.17) is 10.8 Å². The Kier molecular flexibility index (Phi) is 3.35. The van der Waals surface area contributed by atoms with Crippen molar-refractivity contribution in [2.75, 3.05) is 6.61 Å². The molecule has 1 aromatic rings. The molecule has 86 valence electrons. The van der Waals surface area contributed by atoms with Crippen molar-refractivity contribution in [1.29, 1.82) is 0 Å². The first-order chi connectivity index (χ1) is 6.92. The molecule has 0 amide bonds. The van der Waals surface area contributed by atoms with Crippen molar-refractivity contribution >= 4 is 0 Å². The lowest BCUT2D eigenvalue weighted by atomic mass is 9.90. The molecular weight excluding hydrogens is 211 g/mol. The maximum atomic E-state index is 12.7. The van der Waals surface area contributed by atoms with E-state index in [1.165, 1.54) is 12.3 Å². The summed E-state index contributed by atoms with van der Waals surface area (Å²) >= 11 is 0. The van der Waals surface area contributed by atoms with Crippen LogP contribution in [0.3, 0.4) is 0 Å². The predicted octanol–water partition coefficient (Wildman–Crippen LogP) is 0.898. The van der Waals surface area contributed by atoms with E-state index in [0.717, 1.165) is 0 Å². The molecular formula is C8H12F3N3O. The number of aliphatic hydroxyl groups excluding tert-OH is 1. The van der Waals surface area contributed by atoms with Crippen molar-refractivity contribution in [3.63, 3.8) is 0 Å². The minimum absolute atomic E-state index is 0.0188. The number of aromatic amines is 1. The summed E-state index contributed by atoms with van der Waals surface area (Å²) in [5, 5.41) is 14.2. The summed E-state index contributed by atoms with van der Waals surface area (Å²) in [5.41, 5.74) is 2.66.